The summed E-state index contributed by atoms with van der Waals surface area (Å²) in [6.45, 7) is 0.573. The Bertz CT molecular complexity index is 773. The lowest BCUT2D eigenvalue weighted by Gasteiger charge is -2.18. The van der Waals surface area contributed by atoms with Gasteiger partial charge in [-0.3, -0.25) is 0 Å². The Morgan fingerprint density at radius 3 is 2.59 bits per heavy atom. The Morgan fingerprint density at radius 1 is 1.09 bits per heavy atom. The minimum absolute atomic E-state index is 0.573. The van der Waals surface area contributed by atoms with Crippen molar-refractivity contribution in [3.05, 3.63) is 64.1 Å². The molecule has 0 fully saturated rings. The average molecular weight is 334 g/mol. The number of hydrogen-bond acceptors (Lipinski definition) is 4. The van der Waals surface area contributed by atoms with Crippen molar-refractivity contribution < 1.29 is 0 Å². The predicted octanol–water partition coefficient (Wildman–Crippen LogP) is 3.61. The third kappa shape index (κ3) is 3.05. The highest BCUT2D eigenvalue weighted by Crippen LogP contribution is 2.23. The lowest BCUT2D eigenvalue weighted by atomic mass is 10.2. The highest BCUT2D eigenvalue weighted by Gasteiger charge is 2.14. The summed E-state index contributed by atoms with van der Waals surface area (Å²) in [6.07, 6.45) is 0. The van der Waals surface area contributed by atoms with Crippen LogP contribution in [-0.4, -0.2) is 27.3 Å². The van der Waals surface area contributed by atoms with E-state index in [-0.39, 0.29) is 0 Å². The van der Waals surface area contributed by atoms with Gasteiger partial charge in [0.05, 0.1) is 5.69 Å². The summed E-state index contributed by atoms with van der Waals surface area (Å²) < 4.78 is 1.68. The zero-order valence-electron chi connectivity index (χ0n) is 11.8. The quantitative estimate of drug-likeness (QED) is 0.731. The summed E-state index contributed by atoms with van der Waals surface area (Å²) in [6, 6.07) is 15.2. The molecule has 7 heteroatoms. The summed E-state index contributed by atoms with van der Waals surface area (Å²) in [5.74, 6) is 0.636. The van der Waals surface area contributed by atoms with Crippen molar-refractivity contribution in [2.75, 3.05) is 11.9 Å². The zero-order valence-corrected chi connectivity index (χ0v) is 13.3. The molecule has 2 aromatic carbocycles. The lowest BCUT2D eigenvalue weighted by molar-refractivity contribution is 0.771. The largest absolute Gasteiger partial charge is 0.338 e. The van der Waals surface area contributed by atoms with Gasteiger partial charge in [0.1, 0.15) is 0 Å². The predicted molar refractivity (Wildman–Crippen MR) is 87.7 cm³/mol. The van der Waals surface area contributed by atoms with E-state index in [0.717, 1.165) is 11.3 Å². The minimum Gasteiger partial charge on any atom is -0.338 e. The standard InChI is InChI=1S/C15H13Cl2N5/c1-21(10-11-7-8-12(16)9-14(11)17)15-18-19-20-22(15)13-5-3-2-4-6-13/h2-9H,10H2,1H3. The number of aromatic nitrogens is 4. The van der Waals surface area contributed by atoms with Gasteiger partial charge < -0.3 is 4.90 Å². The first-order valence-electron chi connectivity index (χ1n) is 6.64. The third-order valence-electron chi connectivity index (χ3n) is 3.22. The molecule has 0 atom stereocenters. The van der Waals surface area contributed by atoms with Gasteiger partial charge in [0.25, 0.3) is 0 Å². The van der Waals surface area contributed by atoms with Crippen molar-refractivity contribution in [1.29, 1.82) is 0 Å². The number of para-hydroxylation sites is 1. The highest BCUT2D eigenvalue weighted by molar-refractivity contribution is 6.35. The summed E-state index contributed by atoms with van der Waals surface area (Å²) in [7, 11) is 1.91. The molecule has 1 aromatic heterocycles. The van der Waals surface area contributed by atoms with Crippen LogP contribution >= 0.6 is 23.2 Å². The number of hydrogen-bond donors (Lipinski definition) is 0. The van der Waals surface area contributed by atoms with Crippen LogP contribution < -0.4 is 4.90 Å². The second-order valence-electron chi connectivity index (χ2n) is 4.82. The summed E-state index contributed by atoms with van der Waals surface area (Å²) in [5, 5.41) is 13.1. The number of tetrazole rings is 1. The first-order chi connectivity index (χ1) is 10.6. The number of halogens is 2. The van der Waals surface area contributed by atoms with Crippen LogP contribution in [0.2, 0.25) is 10.0 Å². The minimum atomic E-state index is 0.573. The molecule has 0 saturated heterocycles. The van der Waals surface area contributed by atoms with Gasteiger partial charge in [0.15, 0.2) is 0 Å². The number of anilines is 1. The molecule has 0 aliphatic carbocycles. The van der Waals surface area contributed by atoms with E-state index in [1.54, 1.807) is 10.7 Å². The fourth-order valence-electron chi connectivity index (χ4n) is 2.13. The van der Waals surface area contributed by atoms with Gasteiger partial charge in [-0.25, -0.2) is 0 Å². The molecule has 3 aromatic rings. The molecule has 0 aliphatic rings. The fraction of sp³-hybridized carbons (Fsp3) is 0.133. The number of rotatable bonds is 4. The van der Waals surface area contributed by atoms with Crippen LogP contribution in [0, 0.1) is 0 Å². The Morgan fingerprint density at radius 2 is 1.86 bits per heavy atom. The molecular weight excluding hydrogens is 321 g/mol. The van der Waals surface area contributed by atoms with Crippen molar-refractivity contribution in [2.24, 2.45) is 0 Å². The van der Waals surface area contributed by atoms with Crippen molar-refractivity contribution in [2.45, 2.75) is 6.54 Å². The molecule has 0 amide bonds. The van der Waals surface area contributed by atoms with Gasteiger partial charge in [-0.2, -0.15) is 4.68 Å². The number of nitrogens with zero attached hydrogens (tertiary/aromatic N) is 5. The monoisotopic (exact) mass is 333 g/mol. The summed E-state index contributed by atoms with van der Waals surface area (Å²) >= 11 is 12.1. The van der Waals surface area contributed by atoms with Crippen molar-refractivity contribution in [3.8, 4) is 5.69 Å². The van der Waals surface area contributed by atoms with E-state index in [1.807, 2.05) is 54.4 Å². The molecule has 0 saturated carbocycles. The average Bonchev–Trinajstić information content (AvgIpc) is 3.00. The molecule has 22 heavy (non-hydrogen) atoms. The molecule has 0 spiro atoms. The molecule has 0 unspecified atom stereocenters. The van der Waals surface area contributed by atoms with Crippen LogP contribution in [0.3, 0.4) is 0 Å². The maximum Gasteiger partial charge on any atom is 0.250 e. The van der Waals surface area contributed by atoms with Crippen molar-refractivity contribution in [3.63, 3.8) is 0 Å². The third-order valence-corrected chi connectivity index (χ3v) is 3.80. The maximum absolute atomic E-state index is 6.22. The van der Waals surface area contributed by atoms with E-state index in [1.165, 1.54) is 0 Å². The van der Waals surface area contributed by atoms with Gasteiger partial charge in [-0.1, -0.05) is 52.6 Å². The van der Waals surface area contributed by atoms with Gasteiger partial charge in [0, 0.05) is 23.6 Å². The summed E-state index contributed by atoms with van der Waals surface area (Å²) in [5.41, 5.74) is 1.85. The van der Waals surface area contributed by atoms with E-state index in [2.05, 4.69) is 15.5 Å². The molecule has 112 valence electrons. The maximum atomic E-state index is 6.22. The van der Waals surface area contributed by atoms with Crippen molar-refractivity contribution in [1.82, 2.24) is 20.2 Å². The van der Waals surface area contributed by atoms with Gasteiger partial charge in [0.2, 0.25) is 5.95 Å². The molecule has 1 heterocycles. The van der Waals surface area contributed by atoms with Gasteiger partial charge in [-0.15, -0.1) is 0 Å². The fourth-order valence-corrected chi connectivity index (χ4v) is 2.60. The first-order valence-corrected chi connectivity index (χ1v) is 7.39. The van der Waals surface area contributed by atoms with E-state index >= 15 is 0 Å². The van der Waals surface area contributed by atoms with Crippen LogP contribution in [0.4, 0.5) is 5.95 Å². The Hall–Kier alpha value is -2.11. The molecular formula is C15H13Cl2N5. The molecule has 5 nitrogen and oxygen atoms in total. The van der Waals surface area contributed by atoms with Crippen LogP contribution in [0.25, 0.3) is 5.69 Å². The first kappa shape index (κ1) is 14.8. The molecule has 0 aliphatic heterocycles. The van der Waals surface area contributed by atoms with E-state index < -0.39 is 0 Å². The van der Waals surface area contributed by atoms with E-state index in [0.29, 0.717) is 22.5 Å². The van der Waals surface area contributed by atoms with E-state index in [9.17, 15) is 0 Å². The Kier molecular flexibility index (Phi) is 4.27. The van der Waals surface area contributed by atoms with Gasteiger partial charge >= 0.3 is 0 Å². The topological polar surface area (TPSA) is 46.8 Å². The Labute approximate surface area is 138 Å². The van der Waals surface area contributed by atoms with Crippen LogP contribution in [-0.2, 0) is 6.54 Å². The zero-order chi connectivity index (χ0) is 15.5. The van der Waals surface area contributed by atoms with Gasteiger partial charge in [-0.05, 0) is 40.3 Å². The smallest absolute Gasteiger partial charge is 0.250 e. The molecule has 3 rings (SSSR count). The Balaban J connectivity index is 1.87. The lowest BCUT2D eigenvalue weighted by Crippen LogP contribution is -2.21. The van der Waals surface area contributed by atoms with Crippen molar-refractivity contribution >= 4 is 29.2 Å². The summed E-state index contributed by atoms with van der Waals surface area (Å²) in [4.78, 5) is 1.93. The van der Waals surface area contributed by atoms with E-state index in [4.69, 9.17) is 23.2 Å². The van der Waals surface area contributed by atoms with Crippen LogP contribution in [0.15, 0.2) is 48.5 Å². The molecule has 0 N–H and O–H groups in total. The SMILES string of the molecule is CN(Cc1ccc(Cl)cc1Cl)c1nnnn1-c1ccccc1. The van der Waals surface area contributed by atoms with Crippen LogP contribution in [0.1, 0.15) is 5.56 Å². The molecule has 0 bridgehead atoms. The highest BCUT2D eigenvalue weighted by atomic mass is 35.5. The normalized spacial score (nSPS) is 10.7. The second-order valence-corrected chi connectivity index (χ2v) is 5.66. The second kappa shape index (κ2) is 6.34. The number of benzene rings is 2. The van der Waals surface area contributed by atoms with Crippen LogP contribution in [0.5, 0.6) is 0 Å². The molecule has 0 radical (unpaired) electrons.